The second-order valence-electron chi connectivity index (χ2n) is 3.64. The smallest absolute Gasteiger partial charge is 0.0962 e. The van der Waals surface area contributed by atoms with Crippen molar-refractivity contribution in [1.29, 1.82) is 0 Å². The number of rotatable bonds is 4. The Hall–Kier alpha value is -0.940. The minimum absolute atomic E-state index is 0.144. The van der Waals surface area contributed by atoms with Crippen molar-refractivity contribution in [3.05, 3.63) is 11.9 Å². The van der Waals surface area contributed by atoms with Crippen molar-refractivity contribution in [3.63, 3.8) is 0 Å². The van der Waals surface area contributed by atoms with Gasteiger partial charge in [-0.05, 0) is 20.3 Å². The average Bonchev–Trinajstić information content (AvgIpc) is 2.52. The van der Waals surface area contributed by atoms with E-state index in [4.69, 9.17) is 10.8 Å². The van der Waals surface area contributed by atoms with E-state index in [1.807, 2.05) is 20.0 Å². The van der Waals surface area contributed by atoms with Crippen LogP contribution in [0.2, 0.25) is 0 Å². The summed E-state index contributed by atoms with van der Waals surface area (Å²) >= 11 is 0. The first-order valence-corrected chi connectivity index (χ1v) is 4.33. The van der Waals surface area contributed by atoms with Gasteiger partial charge in [-0.1, -0.05) is 5.21 Å². The van der Waals surface area contributed by atoms with Crippen LogP contribution in [0, 0.1) is 0 Å². The summed E-state index contributed by atoms with van der Waals surface area (Å²) in [5.41, 5.74) is 5.99. The lowest BCUT2D eigenvalue weighted by molar-refractivity contribution is 0.199. The third-order valence-electron chi connectivity index (χ3n) is 2.09. The van der Waals surface area contributed by atoms with E-state index in [2.05, 4.69) is 10.3 Å². The van der Waals surface area contributed by atoms with Gasteiger partial charge in [-0.2, -0.15) is 0 Å². The monoisotopic (exact) mass is 184 g/mol. The van der Waals surface area contributed by atoms with Gasteiger partial charge < -0.3 is 10.8 Å². The molecule has 0 unspecified atom stereocenters. The Morgan fingerprint density at radius 2 is 2.31 bits per heavy atom. The Kier molecular flexibility index (Phi) is 3.00. The van der Waals surface area contributed by atoms with Crippen LogP contribution in [0.1, 0.15) is 26.0 Å². The minimum Gasteiger partial charge on any atom is -0.396 e. The third-order valence-corrected chi connectivity index (χ3v) is 2.09. The molecule has 1 aromatic rings. The van der Waals surface area contributed by atoms with E-state index in [9.17, 15) is 0 Å². The van der Waals surface area contributed by atoms with Crippen molar-refractivity contribution in [2.45, 2.75) is 32.4 Å². The first-order valence-electron chi connectivity index (χ1n) is 4.33. The molecule has 13 heavy (non-hydrogen) atoms. The van der Waals surface area contributed by atoms with Gasteiger partial charge in [-0.15, -0.1) is 5.10 Å². The van der Waals surface area contributed by atoms with E-state index in [0.29, 0.717) is 13.0 Å². The van der Waals surface area contributed by atoms with Crippen molar-refractivity contribution in [2.24, 2.45) is 5.73 Å². The summed E-state index contributed by atoms with van der Waals surface area (Å²) in [5, 5.41) is 16.7. The molecule has 0 saturated heterocycles. The SMILES string of the molecule is CC(C)(CCO)n1cc(CN)nn1. The molecule has 0 fully saturated rings. The molecule has 5 heteroatoms. The number of aliphatic hydroxyl groups is 1. The first-order chi connectivity index (χ1) is 6.10. The number of aromatic nitrogens is 3. The third kappa shape index (κ3) is 2.26. The molecule has 0 aliphatic rings. The number of hydrogen-bond donors (Lipinski definition) is 2. The van der Waals surface area contributed by atoms with Crippen molar-refractivity contribution in [3.8, 4) is 0 Å². The Morgan fingerprint density at radius 3 is 2.77 bits per heavy atom. The van der Waals surface area contributed by atoms with Gasteiger partial charge in [0.1, 0.15) is 0 Å². The minimum atomic E-state index is -0.199. The van der Waals surface area contributed by atoms with Crippen LogP contribution in [0.3, 0.4) is 0 Å². The van der Waals surface area contributed by atoms with Crippen molar-refractivity contribution >= 4 is 0 Å². The molecule has 5 nitrogen and oxygen atoms in total. The maximum Gasteiger partial charge on any atom is 0.0962 e. The molecule has 0 aliphatic carbocycles. The van der Waals surface area contributed by atoms with E-state index in [-0.39, 0.29) is 12.1 Å². The highest BCUT2D eigenvalue weighted by Gasteiger charge is 2.20. The molecule has 0 spiro atoms. The van der Waals surface area contributed by atoms with Crippen LogP contribution >= 0.6 is 0 Å². The Morgan fingerprint density at radius 1 is 1.62 bits per heavy atom. The molecule has 1 aromatic heterocycles. The Balaban J connectivity index is 2.80. The summed E-state index contributed by atoms with van der Waals surface area (Å²) in [4.78, 5) is 0. The van der Waals surface area contributed by atoms with Gasteiger partial charge >= 0.3 is 0 Å². The van der Waals surface area contributed by atoms with Gasteiger partial charge in [-0.25, -0.2) is 4.68 Å². The highest BCUT2D eigenvalue weighted by molar-refractivity contribution is 4.93. The Labute approximate surface area is 77.6 Å². The summed E-state index contributed by atoms with van der Waals surface area (Å²) in [6, 6.07) is 0. The lowest BCUT2D eigenvalue weighted by Crippen LogP contribution is -2.28. The lowest BCUT2D eigenvalue weighted by atomic mass is 10.0. The molecule has 0 amide bonds. The zero-order chi connectivity index (χ0) is 9.90. The highest BCUT2D eigenvalue weighted by atomic mass is 16.3. The average molecular weight is 184 g/mol. The van der Waals surface area contributed by atoms with Crippen LogP contribution in [0.5, 0.6) is 0 Å². The van der Waals surface area contributed by atoms with Crippen LogP contribution < -0.4 is 5.73 Å². The van der Waals surface area contributed by atoms with Crippen LogP contribution in [0.15, 0.2) is 6.20 Å². The number of hydrogen-bond acceptors (Lipinski definition) is 4. The van der Waals surface area contributed by atoms with Gasteiger partial charge in [-0.3, -0.25) is 0 Å². The topological polar surface area (TPSA) is 77.0 Å². The summed E-state index contributed by atoms with van der Waals surface area (Å²) in [6.07, 6.45) is 2.47. The highest BCUT2D eigenvalue weighted by Crippen LogP contribution is 2.17. The van der Waals surface area contributed by atoms with Crippen LogP contribution in [0.4, 0.5) is 0 Å². The molecule has 1 heterocycles. The van der Waals surface area contributed by atoms with Gasteiger partial charge in [0.05, 0.1) is 17.4 Å². The predicted octanol–water partition coefficient (Wildman–Crippen LogP) is -0.146. The normalized spacial score (nSPS) is 12.0. The van der Waals surface area contributed by atoms with Gasteiger partial charge in [0, 0.05) is 13.2 Å². The molecule has 0 aromatic carbocycles. The summed E-state index contributed by atoms with van der Waals surface area (Å²) in [7, 11) is 0. The zero-order valence-corrected chi connectivity index (χ0v) is 8.06. The largest absolute Gasteiger partial charge is 0.396 e. The summed E-state index contributed by atoms with van der Waals surface area (Å²) < 4.78 is 1.74. The fraction of sp³-hybridized carbons (Fsp3) is 0.750. The van der Waals surface area contributed by atoms with Crippen molar-refractivity contribution in [1.82, 2.24) is 15.0 Å². The number of aliphatic hydroxyl groups excluding tert-OH is 1. The van der Waals surface area contributed by atoms with Gasteiger partial charge in [0.25, 0.3) is 0 Å². The summed E-state index contributed by atoms with van der Waals surface area (Å²) in [6.45, 7) is 4.54. The van der Waals surface area contributed by atoms with Gasteiger partial charge in [0.2, 0.25) is 0 Å². The molecule has 0 radical (unpaired) electrons. The zero-order valence-electron chi connectivity index (χ0n) is 8.06. The second-order valence-corrected chi connectivity index (χ2v) is 3.64. The molecule has 1 rings (SSSR count). The van der Waals surface area contributed by atoms with Crippen LogP contribution in [-0.4, -0.2) is 26.7 Å². The standard InChI is InChI=1S/C8H16N4O/c1-8(2,3-4-13)12-6-7(5-9)10-11-12/h6,13H,3-5,9H2,1-2H3. The van der Waals surface area contributed by atoms with E-state index in [1.54, 1.807) is 4.68 Å². The Bertz CT molecular complexity index is 269. The molecule has 0 atom stereocenters. The van der Waals surface area contributed by atoms with Crippen LogP contribution in [0.25, 0.3) is 0 Å². The molecule has 3 N–H and O–H groups in total. The fourth-order valence-electron chi connectivity index (χ4n) is 1.08. The quantitative estimate of drug-likeness (QED) is 0.682. The number of nitrogens with zero attached hydrogens (tertiary/aromatic N) is 3. The van der Waals surface area contributed by atoms with E-state index in [0.717, 1.165) is 5.69 Å². The maximum atomic E-state index is 8.84. The molecule has 74 valence electrons. The molecule has 0 aliphatic heterocycles. The summed E-state index contributed by atoms with van der Waals surface area (Å²) in [5.74, 6) is 0. The predicted molar refractivity (Wildman–Crippen MR) is 48.9 cm³/mol. The second kappa shape index (κ2) is 3.85. The van der Waals surface area contributed by atoms with Crippen LogP contribution in [-0.2, 0) is 12.1 Å². The van der Waals surface area contributed by atoms with Crippen molar-refractivity contribution < 1.29 is 5.11 Å². The molecular weight excluding hydrogens is 168 g/mol. The van der Waals surface area contributed by atoms with E-state index >= 15 is 0 Å². The number of nitrogens with two attached hydrogens (primary N) is 1. The maximum absolute atomic E-state index is 8.84. The molecule has 0 bridgehead atoms. The van der Waals surface area contributed by atoms with E-state index < -0.39 is 0 Å². The first kappa shape index (κ1) is 10.1. The van der Waals surface area contributed by atoms with E-state index in [1.165, 1.54) is 0 Å². The van der Waals surface area contributed by atoms with Gasteiger partial charge in [0.15, 0.2) is 0 Å². The van der Waals surface area contributed by atoms with Crippen molar-refractivity contribution in [2.75, 3.05) is 6.61 Å². The molecular formula is C8H16N4O. The fourth-order valence-corrected chi connectivity index (χ4v) is 1.08. The lowest BCUT2D eigenvalue weighted by Gasteiger charge is -2.23. The molecule has 0 saturated carbocycles.